The Kier molecular flexibility index (Phi) is 11.2. The fraction of sp³-hybridized carbons (Fsp3) is 0.444. The molecule has 1 aliphatic rings. The van der Waals surface area contributed by atoms with Gasteiger partial charge in [-0.2, -0.15) is 0 Å². The van der Waals surface area contributed by atoms with Gasteiger partial charge in [-0.1, -0.05) is 111 Å². The molecule has 0 saturated carbocycles. The van der Waals surface area contributed by atoms with Crippen molar-refractivity contribution in [2.45, 2.75) is 91.1 Å². The Bertz CT molecular complexity index is 1380. The Balaban J connectivity index is 1.59. The Hall–Kier alpha value is -3.64. The van der Waals surface area contributed by atoms with Gasteiger partial charge < -0.3 is 15.2 Å². The molecule has 1 heterocycles. The predicted octanol–water partition coefficient (Wildman–Crippen LogP) is 7.76. The summed E-state index contributed by atoms with van der Waals surface area (Å²) >= 11 is 0. The van der Waals surface area contributed by atoms with Gasteiger partial charge in [-0.25, -0.2) is 9.79 Å². The van der Waals surface area contributed by atoms with E-state index in [2.05, 4.69) is 55.7 Å². The molecule has 224 valence electrons. The number of amides is 2. The van der Waals surface area contributed by atoms with Crippen molar-refractivity contribution in [3.63, 3.8) is 0 Å². The van der Waals surface area contributed by atoms with E-state index < -0.39 is 5.66 Å². The van der Waals surface area contributed by atoms with E-state index >= 15 is 0 Å². The van der Waals surface area contributed by atoms with Gasteiger partial charge >= 0.3 is 6.03 Å². The van der Waals surface area contributed by atoms with Crippen LogP contribution in [0.1, 0.15) is 96.7 Å². The van der Waals surface area contributed by atoms with E-state index in [0.29, 0.717) is 19.0 Å². The van der Waals surface area contributed by atoms with Crippen LogP contribution in [0.15, 0.2) is 65.7 Å². The molecular formula is C36H47N3O3. The third-order valence-corrected chi connectivity index (χ3v) is 8.05. The first-order valence-corrected chi connectivity index (χ1v) is 15.5. The number of para-hydroxylation sites is 1. The molecule has 0 bridgehead atoms. The van der Waals surface area contributed by atoms with Crippen LogP contribution in [0.3, 0.4) is 0 Å². The number of hydrogen-bond donors (Lipinski definition) is 3. The van der Waals surface area contributed by atoms with Crippen LogP contribution in [0.2, 0.25) is 0 Å². The van der Waals surface area contributed by atoms with Gasteiger partial charge in [0.1, 0.15) is 11.6 Å². The van der Waals surface area contributed by atoms with Crippen LogP contribution in [0.4, 0.5) is 4.79 Å². The van der Waals surface area contributed by atoms with Crippen molar-refractivity contribution >= 4 is 11.9 Å². The summed E-state index contributed by atoms with van der Waals surface area (Å²) in [7, 11) is 0. The maximum Gasteiger partial charge on any atom is 0.322 e. The van der Waals surface area contributed by atoms with Crippen LogP contribution in [-0.2, 0) is 5.66 Å². The highest BCUT2D eigenvalue weighted by Crippen LogP contribution is 2.40. The van der Waals surface area contributed by atoms with Crippen molar-refractivity contribution < 1.29 is 14.6 Å². The Morgan fingerprint density at radius 1 is 0.738 bits per heavy atom. The first-order chi connectivity index (χ1) is 20.3. The van der Waals surface area contributed by atoms with Gasteiger partial charge in [0.05, 0.1) is 6.61 Å². The SMILES string of the molecule is Cc1ccc(C2=NC(c3ccc(C)cc3C)(c3ccccc3OCCCCCCCCCCCO)NC(=O)N2)c(C)c1. The molecule has 4 rings (SSSR count). The topological polar surface area (TPSA) is 83.0 Å². The van der Waals surface area contributed by atoms with Crippen molar-refractivity contribution in [3.05, 3.63) is 99.6 Å². The molecule has 0 spiro atoms. The monoisotopic (exact) mass is 569 g/mol. The number of aliphatic hydroxyl groups excluding tert-OH is 1. The summed E-state index contributed by atoms with van der Waals surface area (Å²) in [5.74, 6) is 1.27. The number of carbonyl (C=O) groups is 1. The lowest BCUT2D eigenvalue weighted by molar-refractivity contribution is 0.230. The number of nitrogens with one attached hydrogen (secondary N) is 2. The highest BCUT2D eigenvalue weighted by Gasteiger charge is 2.43. The lowest BCUT2D eigenvalue weighted by atomic mass is 9.86. The molecule has 0 aliphatic carbocycles. The van der Waals surface area contributed by atoms with E-state index in [1.54, 1.807) is 0 Å². The standard InChI is InChI=1S/C36H47N3O3/c1-26-18-20-30(28(3)24-26)34-37-35(41)39-36(38-34,31-21-19-27(2)25-29(31)4)32-16-12-13-17-33(32)42-23-15-11-9-7-5-6-8-10-14-22-40/h12-13,16-21,24-25,40H,5-11,14-15,22-23H2,1-4H3,(H2,37,38,39,41). The number of aryl methyl sites for hydroxylation is 4. The number of hydrogen-bond acceptors (Lipinski definition) is 4. The van der Waals surface area contributed by atoms with Crippen molar-refractivity contribution in [1.82, 2.24) is 10.6 Å². The molecule has 1 atom stereocenters. The molecule has 0 fully saturated rings. The Morgan fingerprint density at radius 3 is 2.02 bits per heavy atom. The van der Waals surface area contributed by atoms with Gasteiger partial charge in [-0.05, 0) is 57.7 Å². The van der Waals surface area contributed by atoms with E-state index in [4.69, 9.17) is 14.8 Å². The third-order valence-electron chi connectivity index (χ3n) is 8.05. The number of amidine groups is 1. The van der Waals surface area contributed by atoms with Crippen LogP contribution in [0, 0.1) is 27.7 Å². The van der Waals surface area contributed by atoms with Crippen LogP contribution >= 0.6 is 0 Å². The molecule has 6 nitrogen and oxygen atoms in total. The van der Waals surface area contributed by atoms with E-state index in [-0.39, 0.29) is 6.03 Å². The third kappa shape index (κ3) is 7.80. The van der Waals surface area contributed by atoms with Crippen molar-refractivity contribution in [2.24, 2.45) is 4.99 Å². The summed E-state index contributed by atoms with van der Waals surface area (Å²) in [4.78, 5) is 18.7. The maximum absolute atomic E-state index is 13.4. The molecule has 1 aliphatic heterocycles. The predicted molar refractivity (Wildman–Crippen MR) is 171 cm³/mol. The Labute approximate surface area is 251 Å². The minimum atomic E-state index is -1.15. The molecule has 1 unspecified atom stereocenters. The van der Waals surface area contributed by atoms with Gasteiger partial charge in [0, 0.05) is 23.3 Å². The molecular weight excluding hydrogens is 522 g/mol. The fourth-order valence-electron chi connectivity index (χ4n) is 5.88. The summed E-state index contributed by atoms with van der Waals surface area (Å²) < 4.78 is 6.42. The average Bonchev–Trinajstić information content (AvgIpc) is 2.95. The van der Waals surface area contributed by atoms with Gasteiger partial charge in [-0.15, -0.1) is 0 Å². The zero-order valence-corrected chi connectivity index (χ0v) is 25.8. The number of aliphatic hydroxyl groups is 1. The number of unbranched alkanes of at least 4 members (excludes halogenated alkanes) is 8. The van der Waals surface area contributed by atoms with Gasteiger partial charge in [0.15, 0.2) is 5.66 Å². The smallest absolute Gasteiger partial charge is 0.322 e. The van der Waals surface area contributed by atoms with Gasteiger partial charge in [0.25, 0.3) is 0 Å². The largest absolute Gasteiger partial charge is 0.493 e. The first-order valence-electron chi connectivity index (χ1n) is 15.5. The molecule has 6 heteroatoms. The number of benzene rings is 3. The number of aliphatic imine (C=N–C) groups is 1. The van der Waals surface area contributed by atoms with Crippen molar-refractivity contribution in [2.75, 3.05) is 13.2 Å². The molecule has 0 saturated heterocycles. The molecule has 3 N–H and O–H groups in total. The van der Waals surface area contributed by atoms with Crippen LogP contribution in [0.5, 0.6) is 5.75 Å². The molecule has 2 amide bonds. The summed E-state index contributed by atoms with van der Waals surface area (Å²) in [6, 6.07) is 20.1. The minimum absolute atomic E-state index is 0.300. The maximum atomic E-state index is 13.4. The highest BCUT2D eigenvalue weighted by atomic mass is 16.5. The average molecular weight is 570 g/mol. The number of ether oxygens (including phenoxy) is 1. The number of nitrogens with zero attached hydrogens (tertiary/aromatic N) is 1. The minimum Gasteiger partial charge on any atom is -0.493 e. The van der Waals surface area contributed by atoms with Crippen molar-refractivity contribution in [3.8, 4) is 5.75 Å². The lowest BCUT2D eigenvalue weighted by Gasteiger charge is -2.38. The van der Waals surface area contributed by atoms with Crippen molar-refractivity contribution in [1.29, 1.82) is 0 Å². The number of rotatable bonds is 15. The van der Waals surface area contributed by atoms with E-state index in [1.165, 1.54) is 32.1 Å². The second-order valence-electron chi connectivity index (χ2n) is 11.6. The molecule has 3 aromatic rings. The number of carbonyl (C=O) groups excluding carboxylic acids is 1. The highest BCUT2D eigenvalue weighted by molar-refractivity contribution is 6.10. The van der Waals surface area contributed by atoms with Gasteiger partial charge in [0.2, 0.25) is 0 Å². The molecule has 3 aromatic carbocycles. The summed E-state index contributed by atoms with van der Waals surface area (Å²) in [6.07, 6.45) is 10.3. The van der Waals surface area contributed by atoms with E-state index in [0.717, 1.165) is 70.4 Å². The van der Waals surface area contributed by atoms with Gasteiger partial charge in [-0.3, -0.25) is 5.32 Å². The summed E-state index contributed by atoms with van der Waals surface area (Å²) in [5, 5.41) is 15.1. The molecule has 42 heavy (non-hydrogen) atoms. The Morgan fingerprint density at radius 2 is 1.36 bits per heavy atom. The summed E-state index contributed by atoms with van der Waals surface area (Å²) in [5.41, 5.74) is 5.90. The first kappa shape index (κ1) is 31.3. The van der Waals surface area contributed by atoms with Crippen LogP contribution in [0.25, 0.3) is 0 Å². The van der Waals surface area contributed by atoms with E-state index in [1.807, 2.05) is 43.3 Å². The zero-order chi connectivity index (χ0) is 30.0. The second-order valence-corrected chi connectivity index (χ2v) is 11.6. The molecule has 0 aromatic heterocycles. The number of urea groups is 1. The van der Waals surface area contributed by atoms with Crippen LogP contribution in [-0.4, -0.2) is 30.2 Å². The zero-order valence-electron chi connectivity index (χ0n) is 25.8. The second kappa shape index (κ2) is 15.0. The summed E-state index contributed by atoms with van der Waals surface area (Å²) in [6.45, 7) is 9.17. The van der Waals surface area contributed by atoms with E-state index in [9.17, 15) is 4.79 Å². The lowest BCUT2D eigenvalue weighted by Crippen LogP contribution is -2.57. The molecule has 0 radical (unpaired) electrons. The fourth-order valence-corrected chi connectivity index (χ4v) is 5.88. The normalized spacial score (nSPS) is 16.5. The quantitative estimate of drug-likeness (QED) is 0.164. The van der Waals surface area contributed by atoms with Crippen LogP contribution < -0.4 is 15.4 Å².